The Balaban J connectivity index is 0.000000270. The van der Waals surface area contributed by atoms with Crippen LogP contribution in [0.5, 0.6) is 0 Å². The molecule has 139 valence electrons. The fraction of sp³-hybridized carbons (Fsp3) is 0.176. The van der Waals surface area contributed by atoms with Crippen molar-refractivity contribution in [3.05, 3.63) is 66.9 Å². The maximum Gasteiger partial charge on any atom is 0.330 e. The number of hydrogen-bond donors (Lipinski definition) is 1. The van der Waals surface area contributed by atoms with E-state index < -0.39 is 15.3 Å². The van der Waals surface area contributed by atoms with Crippen molar-refractivity contribution in [2.45, 2.75) is 24.9 Å². The first-order valence-electron chi connectivity index (χ1n) is 7.40. The van der Waals surface area contributed by atoms with Crippen LogP contribution in [0.25, 0.3) is 11.3 Å². The van der Waals surface area contributed by atoms with Gasteiger partial charge in [0.25, 0.3) is 5.16 Å². The van der Waals surface area contributed by atoms with Crippen LogP contribution >= 0.6 is 0 Å². The van der Waals surface area contributed by atoms with Crippen molar-refractivity contribution in [3.63, 3.8) is 0 Å². The van der Waals surface area contributed by atoms with Crippen molar-refractivity contribution in [1.82, 2.24) is 19.9 Å². The van der Waals surface area contributed by atoms with Crippen LogP contribution in [0.4, 0.5) is 0 Å². The monoisotopic (exact) mass is 550 g/mol. The molecule has 0 bridgehead atoms. The molecule has 3 rings (SSSR count). The second-order valence-corrected chi connectivity index (χ2v) is 6.62. The Morgan fingerprint density at radius 2 is 1.77 bits per heavy atom. The van der Waals surface area contributed by atoms with Crippen LogP contribution < -0.4 is 0 Å². The minimum absolute atomic E-state index is 0. The molecule has 1 aromatic carbocycles. The molecule has 0 saturated carbocycles. The summed E-state index contributed by atoms with van der Waals surface area (Å²) in [5, 5.41) is -0.637. The fourth-order valence-electron chi connectivity index (χ4n) is 1.87. The average Bonchev–Trinajstić information content (AvgIpc) is 2.63. The third-order valence-corrected chi connectivity index (χ3v) is 3.81. The summed E-state index contributed by atoms with van der Waals surface area (Å²) in [6.45, 7) is 4.38. The molecule has 0 fully saturated rings. The van der Waals surface area contributed by atoms with E-state index in [1.807, 2.05) is 30.5 Å². The van der Waals surface area contributed by atoms with Gasteiger partial charge in [-0.2, -0.15) is 8.42 Å². The summed E-state index contributed by atoms with van der Waals surface area (Å²) in [5.41, 5.74) is 3.39. The molecule has 0 aliphatic heterocycles. The molecule has 0 unspecified atom stereocenters. The molecule has 2 heterocycles. The van der Waals surface area contributed by atoms with E-state index in [-0.39, 0.29) is 20.1 Å². The summed E-state index contributed by atoms with van der Waals surface area (Å²) in [7, 11) is -4.27. The predicted molar refractivity (Wildman–Crippen MR) is 92.2 cm³/mol. The van der Waals surface area contributed by atoms with Crippen molar-refractivity contribution in [3.8, 4) is 11.3 Å². The zero-order valence-electron chi connectivity index (χ0n) is 14.1. The van der Waals surface area contributed by atoms with E-state index in [1.165, 1.54) is 5.56 Å². The molecule has 26 heavy (non-hydrogen) atoms. The normalized spacial score (nSPS) is 10.5. The molecule has 1 radical (unpaired) electrons. The van der Waals surface area contributed by atoms with Crippen molar-refractivity contribution < 1.29 is 33.1 Å². The summed E-state index contributed by atoms with van der Waals surface area (Å²) in [6, 6.07) is 15.4. The third kappa shape index (κ3) is 6.68. The van der Waals surface area contributed by atoms with Crippen LogP contribution in [0.15, 0.2) is 60.4 Å². The van der Waals surface area contributed by atoms with Crippen molar-refractivity contribution in [2.75, 3.05) is 0 Å². The molecular weight excluding hydrogens is 532 g/mol. The van der Waals surface area contributed by atoms with Crippen molar-refractivity contribution in [2.24, 2.45) is 0 Å². The van der Waals surface area contributed by atoms with Crippen LogP contribution in [-0.2, 0) is 30.2 Å². The van der Waals surface area contributed by atoms with E-state index in [4.69, 9.17) is 4.55 Å². The molecule has 1 N–H and O–H groups in total. The van der Waals surface area contributed by atoms with Gasteiger partial charge in [0.1, 0.15) is 12.7 Å². The van der Waals surface area contributed by atoms with Gasteiger partial charge in [-0.05, 0) is 17.7 Å². The zero-order chi connectivity index (χ0) is 18.3. The molecular formula is C17H17IrN4O3S-. The molecule has 2 aromatic heterocycles. The molecule has 0 spiro atoms. The Kier molecular flexibility index (Phi) is 8.60. The molecule has 9 heteroatoms. The van der Waals surface area contributed by atoms with Gasteiger partial charge in [0, 0.05) is 26.3 Å². The van der Waals surface area contributed by atoms with Gasteiger partial charge >= 0.3 is 10.1 Å². The van der Waals surface area contributed by atoms with E-state index in [1.54, 1.807) is 0 Å². The number of pyridine rings is 1. The second-order valence-electron chi connectivity index (χ2n) is 5.30. The van der Waals surface area contributed by atoms with Gasteiger partial charge in [0.2, 0.25) is 0 Å². The number of rotatable bonds is 3. The smallest absolute Gasteiger partial charge is 0.305 e. The minimum Gasteiger partial charge on any atom is -0.305 e. The van der Waals surface area contributed by atoms with E-state index in [9.17, 15) is 8.42 Å². The Labute approximate surface area is 166 Å². The standard InChI is InChI=1S/C14H14N.C3H3N3O3S.Ir/c1-11(2)12-6-5-7-13(10-12)14-8-3-4-9-15-14;7-10(8,9)3-5-1-4-2-6-3;/h3-6,8-11H,1-2H3;1-2H,(H,7,8,9);/q-1;;. The summed E-state index contributed by atoms with van der Waals surface area (Å²) < 4.78 is 28.8. The molecule has 0 saturated heterocycles. The summed E-state index contributed by atoms with van der Waals surface area (Å²) in [5.74, 6) is 0.544. The summed E-state index contributed by atoms with van der Waals surface area (Å²) >= 11 is 0. The van der Waals surface area contributed by atoms with Gasteiger partial charge < -0.3 is 4.98 Å². The zero-order valence-corrected chi connectivity index (χ0v) is 17.3. The van der Waals surface area contributed by atoms with E-state index in [0.29, 0.717) is 5.92 Å². The first kappa shape index (κ1) is 22.0. The molecule has 3 aromatic rings. The maximum absolute atomic E-state index is 10.2. The van der Waals surface area contributed by atoms with Gasteiger partial charge in [-0.15, -0.1) is 35.4 Å². The molecule has 0 aliphatic carbocycles. The molecule has 0 atom stereocenters. The number of nitrogens with zero attached hydrogens (tertiary/aromatic N) is 4. The number of benzene rings is 1. The van der Waals surface area contributed by atoms with Gasteiger partial charge in [0.15, 0.2) is 0 Å². The van der Waals surface area contributed by atoms with Crippen LogP contribution in [-0.4, -0.2) is 32.9 Å². The molecule has 0 aliphatic rings. The third-order valence-electron chi connectivity index (χ3n) is 3.13. The second kappa shape index (κ2) is 10.2. The largest absolute Gasteiger partial charge is 0.330 e. The van der Waals surface area contributed by atoms with Gasteiger partial charge in [-0.1, -0.05) is 26.0 Å². The predicted octanol–water partition coefficient (Wildman–Crippen LogP) is 2.79. The van der Waals surface area contributed by atoms with Crippen LogP contribution in [0.2, 0.25) is 0 Å². The molecule has 0 amide bonds. The summed E-state index contributed by atoms with van der Waals surface area (Å²) in [4.78, 5) is 14.1. The van der Waals surface area contributed by atoms with Crippen LogP contribution in [0.1, 0.15) is 25.3 Å². The first-order valence-corrected chi connectivity index (χ1v) is 8.84. The quantitative estimate of drug-likeness (QED) is 0.396. The van der Waals surface area contributed by atoms with Crippen molar-refractivity contribution in [1.29, 1.82) is 0 Å². The maximum atomic E-state index is 10.2. The Morgan fingerprint density at radius 3 is 2.27 bits per heavy atom. The Morgan fingerprint density at radius 1 is 1.08 bits per heavy atom. The van der Waals surface area contributed by atoms with Crippen molar-refractivity contribution >= 4 is 10.1 Å². The van der Waals surface area contributed by atoms with Crippen LogP contribution in [0, 0.1) is 6.07 Å². The SMILES string of the molecule is CC(C)c1cc[c-]c(-c2ccccn2)c1.O=S(=O)(O)c1ncncn1.[Ir]. The van der Waals surface area contributed by atoms with E-state index in [0.717, 1.165) is 23.9 Å². The van der Waals surface area contributed by atoms with Gasteiger partial charge in [0.05, 0.1) is 0 Å². The number of hydrogen-bond acceptors (Lipinski definition) is 6. The minimum atomic E-state index is -4.27. The average molecular weight is 550 g/mol. The van der Waals surface area contributed by atoms with E-state index >= 15 is 0 Å². The summed E-state index contributed by atoms with van der Waals surface area (Å²) in [6.07, 6.45) is 3.78. The fourth-order valence-corrected chi connectivity index (χ4v) is 2.24. The Hall–Kier alpha value is -2.06. The molecule has 7 nitrogen and oxygen atoms in total. The number of aromatic nitrogens is 4. The topological polar surface area (TPSA) is 106 Å². The van der Waals surface area contributed by atoms with Gasteiger partial charge in [-0.25, -0.2) is 15.0 Å². The first-order chi connectivity index (χ1) is 11.9. The van der Waals surface area contributed by atoms with Gasteiger partial charge in [-0.3, -0.25) is 4.55 Å². The van der Waals surface area contributed by atoms with E-state index in [2.05, 4.69) is 52.0 Å². The Bertz CT molecular complexity index is 908. The van der Waals surface area contributed by atoms with Crippen LogP contribution in [0.3, 0.4) is 0 Å².